The molecule has 0 amide bonds. The summed E-state index contributed by atoms with van der Waals surface area (Å²) >= 11 is 7.59. The zero-order valence-electron chi connectivity index (χ0n) is 21.1. The van der Waals surface area contributed by atoms with Gasteiger partial charge in [-0.05, 0) is 31.0 Å². The van der Waals surface area contributed by atoms with Gasteiger partial charge < -0.3 is 18.9 Å². The van der Waals surface area contributed by atoms with Crippen molar-refractivity contribution in [2.45, 2.75) is 52.1 Å². The van der Waals surface area contributed by atoms with Crippen LogP contribution in [0.3, 0.4) is 0 Å². The molecular formula is C25H30ClN5O5S. The number of benzene rings is 1. The van der Waals surface area contributed by atoms with Crippen molar-refractivity contribution < 1.29 is 22.4 Å². The average molecular weight is 548 g/mol. The minimum atomic E-state index is 0.0132. The van der Waals surface area contributed by atoms with Gasteiger partial charge in [0.05, 0.1) is 23.8 Å². The maximum atomic E-state index is 6.54. The first-order valence-electron chi connectivity index (χ1n) is 12.4. The van der Waals surface area contributed by atoms with E-state index < -0.39 is 0 Å². The molecule has 0 saturated carbocycles. The van der Waals surface area contributed by atoms with E-state index in [4.69, 9.17) is 34.0 Å². The largest absolute Gasteiger partial charge is 0.474 e. The summed E-state index contributed by atoms with van der Waals surface area (Å²) in [7, 11) is 0. The quantitative estimate of drug-likeness (QED) is 0.331. The lowest BCUT2D eigenvalue weighted by atomic mass is 10.0. The Morgan fingerprint density at radius 2 is 1.89 bits per heavy atom. The monoisotopic (exact) mass is 547 g/mol. The van der Waals surface area contributed by atoms with Gasteiger partial charge in [0.2, 0.25) is 11.8 Å². The van der Waals surface area contributed by atoms with Crippen LogP contribution in [0.25, 0.3) is 0 Å². The third-order valence-electron chi connectivity index (χ3n) is 6.36. The standard InChI is InChI=1S/C25H30ClN5O5S/c1-15(2)22-29-25(36-30-22)31-8-6-19(7-9-31)34-23-16(3)24(28-14-27-23)35-21-5-4-17(11-20(21)26)10-18-12-32-37-33-13-18/h4-5,11,14-15,18-19H,6-10,12-13H2,1-3H3. The van der Waals surface area contributed by atoms with Crippen molar-refractivity contribution in [2.75, 3.05) is 31.2 Å². The number of hydrogen-bond acceptors (Lipinski definition) is 11. The van der Waals surface area contributed by atoms with Gasteiger partial charge in [0.15, 0.2) is 18.1 Å². The fraction of sp³-hybridized carbons (Fsp3) is 0.520. The molecule has 2 aliphatic heterocycles. The maximum absolute atomic E-state index is 6.54. The first-order valence-corrected chi connectivity index (χ1v) is 13.4. The SMILES string of the molecule is Cc1c(Oc2ccc(CC3COSOC3)cc2Cl)ncnc1OC1CCN(c2nc(C(C)C)no2)CC1. The van der Waals surface area contributed by atoms with Crippen LogP contribution in [-0.2, 0) is 14.8 Å². The van der Waals surface area contributed by atoms with E-state index in [0.29, 0.717) is 47.7 Å². The van der Waals surface area contributed by atoms with Gasteiger partial charge in [0, 0.05) is 37.8 Å². The molecule has 2 aliphatic rings. The zero-order valence-corrected chi connectivity index (χ0v) is 22.6. The van der Waals surface area contributed by atoms with Crippen LogP contribution in [0.2, 0.25) is 5.02 Å². The van der Waals surface area contributed by atoms with Gasteiger partial charge in [-0.3, -0.25) is 8.37 Å². The van der Waals surface area contributed by atoms with E-state index in [0.717, 1.165) is 61.6 Å². The second-order valence-electron chi connectivity index (χ2n) is 9.58. The molecular weight excluding hydrogens is 518 g/mol. The Balaban J connectivity index is 1.18. The minimum Gasteiger partial charge on any atom is -0.474 e. The number of anilines is 1. The van der Waals surface area contributed by atoms with E-state index in [1.807, 2.05) is 39.0 Å². The highest BCUT2D eigenvalue weighted by molar-refractivity contribution is 7.89. The summed E-state index contributed by atoms with van der Waals surface area (Å²) in [6.45, 7) is 8.80. The maximum Gasteiger partial charge on any atom is 0.324 e. The van der Waals surface area contributed by atoms with Crippen LogP contribution in [0.15, 0.2) is 29.0 Å². The molecule has 3 aromatic rings. The molecule has 12 heteroatoms. The van der Waals surface area contributed by atoms with Gasteiger partial charge in [0.1, 0.15) is 18.2 Å². The highest BCUT2D eigenvalue weighted by Gasteiger charge is 2.26. The molecule has 1 aromatic carbocycles. The predicted molar refractivity (Wildman–Crippen MR) is 139 cm³/mol. The summed E-state index contributed by atoms with van der Waals surface area (Å²) in [5.74, 6) is 2.69. The molecule has 0 atom stereocenters. The van der Waals surface area contributed by atoms with E-state index in [1.54, 1.807) is 0 Å². The van der Waals surface area contributed by atoms with Crippen LogP contribution < -0.4 is 14.4 Å². The van der Waals surface area contributed by atoms with Crippen molar-refractivity contribution in [3.63, 3.8) is 0 Å². The van der Waals surface area contributed by atoms with Crippen LogP contribution in [0.5, 0.6) is 17.5 Å². The van der Waals surface area contributed by atoms with Crippen molar-refractivity contribution in [2.24, 2.45) is 5.92 Å². The Kier molecular flexibility index (Phi) is 8.33. The number of nitrogens with zero attached hydrogens (tertiary/aromatic N) is 5. The minimum absolute atomic E-state index is 0.0132. The summed E-state index contributed by atoms with van der Waals surface area (Å²) in [4.78, 5) is 15.3. The Morgan fingerprint density at radius 3 is 2.59 bits per heavy atom. The molecule has 2 fully saturated rings. The highest BCUT2D eigenvalue weighted by atomic mass is 35.5. The molecule has 0 unspecified atom stereocenters. The van der Waals surface area contributed by atoms with E-state index >= 15 is 0 Å². The molecule has 0 aliphatic carbocycles. The molecule has 0 bridgehead atoms. The van der Waals surface area contributed by atoms with Crippen molar-refractivity contribution >= 4 is 29.9 Å². The Bertz CT molecular complexity index is 1200. The molecule has 4 heterocycles. The van der Waals surface area contributed by atoms with Gasteiger partial charge in [-0.15, -0.1) is 0 Å². The fourth-order valence-electron chi connectivity index (χ4n) is 4.19. The molecule has 2 saturated heterocycles. The van der Waals surface area contributed by atoms with Gasteiger partial charge in [-0.2, -0.15) is 4.98 Å². The Morgan fingerprint density at radius 1 is 1.14 bits per heavy atom. The summed E-state index contributed by atoms with van der Waals surface area (Å²) < 4.78 is 28.3. The van der Waals surface area contributed by atoms with E-state index in [2.05, 4.69) is 25.0 Å². The molecule has 37 heavy (non-hydrogen) atoms. The lowest BCUT2D eigenvalue weighted by Crippen LogP contribution is -2.38. The summed E-state index contributed by atoms with van der Waals surface area (Å²) in [6, 6.07) is 6.33. The van der Waals surface area contributed by atoms with Crippen LogP contribution in [0, 0.1) is 12.8 Å². The topological polar surface area (TPSA) is 105 Å². The lowest BCUT2D eigenvalue weighted by Gasteiger charge is -2.30. The van der Waals surface area contributed by atoms with Crippen LogP contribution in [-0.4, -0.2) is 52.5 Å². The Labute approximate surface area is 225 Å². The van der Waals surface area contributed by atoms with Crippen molar-refractivity contribution in [3.05, 3.63) is 46.5 Å². The molecule has 5 rings (SSSR count). The molecule has 0 spiro atoms. The third-order valence-corrected chi connectivity index (χ3v) is 7.12. The number of halogens is 1. The predicted octanol–water partition coefficient (Wildman–Crippen LogP) is 5.55. The highest BCUT2D eigenvalue weighted by Crippen LogP contribution is 2.34. The smallest absolute Gasteiger partial charge is 0.324 e. The second-order valence-corrected chi connectivity index (χ2v) is 10.6. The number of piperidine rings is 1. The molecule has 0 radical (unpaired) electrons. The van der Waals surface area contributed by atoms with Gasteiger partial charge in [0.25, 0.3) is 0 Å². The van der Waals surface area contributed by atoms with E-state index in [-0.39, 0.29) is 12.0 Å². The van der Waals surface area contributed by atoms with Gasteiger partial charge in [-0.1, -0.05) is 36.7 Å². The first kappa shape index (κ1) is 26.0. The molecule has 0 N–H and O–H groups in total. The Hall–Kier alpha value is -2.60. The summed E-state index contributed by atoms with van der Waals surface area (Å²) in [5.41, 5.74) is 1.81. The third kappa shape index (κ3) is 6.46. The molecule has 198 valence electrons. The molecule has 2 aromatic heterocycles. The zero-order chi connectivity index (χ0) is 25.8. The number of aromatic nitrogens is 4. The van der Waals surface area contributed by atoms with Crippen LogP contribution in [0.4, 0.5) is 6.01 Å². The van der Waals surface area contributed by atoms with Crippen molar-refractivity contribution in [3.8, 4) is 17.5 Å². The van der Waals surface area contributed by atoms with E-state index in [1.165, 1.54) is 6.33 Å². The second kappa shape index (κ2) is 11.8. The first-order chi connectivity index (χ1) is 18.0. The summed E-state index contributed by atoms with van der Waals surface area (Å²) in [6.07, 6.45) is 3.89. The lowest BCUT2D eigenvalue weighted by molar-refractivity contribution is 0.146. The normalized spacial score (nSPS) is 17.4. The van der Waals surface area contributed by atoms with Gasteiger partial charge >= 0.3 is 6.01 Å². The summed E-state index contributed by atoms with van der Waals surface area (Å²) in [5, 5.41) is 4.57. The fourth-order valence-corrected chi connectivity index (χ4v) is 5.00. The number of rotatable bonds is 8. The van der Waals surface area contributed by atoms with E-state index in [9.17, 15) is 0 Å². The van der Waals surface area contributed by atoms with Crippen molar-refractivity contribution in [1.29, 1.82) is 0 Å². The number of hydrogen-bond donors (Lipinski definition) is 0. The van der Waals surface area contributed by atoms with Crippen molar-refractivity contribution in [1.82, 2.24) is 20.1 Å². The molecule has 10 nitrogen and oxygen atoms in total. The number of ether oxygens (including phenoxy) is 2. The average Bonchev–Trinajstić information content (AvgIpc) is 3.40. The van der Waals surface area contributed by atoms with Crippen LogP contribution in [0.1, 0.15) is 49.6 Å². The van der Waals surface area contributed by atoms with Crippen LogP contribution >= 0.6 is 23.9 Å². The van der Waals surface area contributed by atoms with Gasteiger partial charge in [-0.25, -0.2) is 9.97 Å².